The maximum absolute atomic E-state index is 12.4. The van der Waals surface area contributed by atoms with Crippen molar-refractivity contribution in [1.82, 2.24) is 5.43 Å². The zero-order valence-corrected chi connectivity index (χ0v) is 17.5. The lowest BCUT2D eigenvalue weighted by molar-refractivity contribution is 0.372. The predicted molar refractivity (Wildman–Crippen MR) is 117 cm³/mol. The van der Waals surface area contributed by atoms with Gasteiger partial charge in [0.25, 0.3) is 0 Å². The Hall–Kier alpha value is -3.48. The molecule has 3 aromatic rings. The average Bonchev–Trinajstić information content (AvgIpc) is 3.23. The summed E-state index contributed by atoms with van der Waals surface area (Å²) < 4.78 is 10.8. The molecular weight excluding hydrogens is 396 g/mol. The Kier molecular flexibility index (Phi) is 4.61. The van der Waals surface area contributed by atoms with Gasteiger partial charge >= 0.3 is 5.63 Å². The highest BCUT2D eigenvalue weighted by Crippen LogP contribution is 2.40. The Bertz CT molecular complexity index is 1290. The molecule has 1 aromatic heterocycles. The van der Waals surface area contributed by atoms with E-state index in [1.165, 1.54) is 7.11 Å². The van der Waals surface area contributed by atoms with Crippen LogP contribution in [-0.2, 0) is 12.8 Å². The second-order valence-electron chi connectivity index (χ2n) is 8.22. The molecule has 1 aliphatic carbocycles. The largest absolute Gasteiger partial charge is 0.506 e. The number of phenolic OH excluding ortho intramolecular Hbond substituents is 2. The molecule has 0 amide bonds. The average molecular weight is 420 g/mol. The molecule has 2 heterocycles. The molecule has 0 fully saturated rings. The second-order valence-corrected chi connectivity index (χ2v) is 8.22. The van der Waals surface area contributed by atoms with Crippen LogP contribution in [0.3, 0.4) is 0 Å². The molecule has 0 spiro atoms. The van der Waals surface area contributed by atoms with Gasteiger partial charge in [0.1, 0.15) is 11.3 Å². The molecule has 2 aromatic carbocycles. The van der Waals surface area contributed by atoms with Crippen molar-refractivity contribution in [1.29, 1.82) is 0 Å². The minimum Gasteiger partial charge on any atom is -0.506 e. The number of hydrazone groups is 1. The van der Waals surface area contributed by atoms with Crippen molar-refractivity contribution in [2.75, 3.05) is 7.11 Å². The van der Waals surface area contributed by atoms with Crippen molar-refractivity contribution < 1.29 is 19.4 Å². The Morgan fingerprint density at radius 2 is 1.94 bits per heavy atom. The number of nitrogens with zero attached hydrogens (tertiary/aromatic N) is 1. The van der Waals surface area contributed by atoms with Crippen LogP contribution < -0.4 is 15.8 Å². The lowest BCUT2D eigenvalue weighted by atomic mass is 9.87. The maximum atomic E-state index is 12.4. The van der Waals surface area contributed by atoms with Gasteiger partial charge in [-0.25, -0.2) is 4.79 Å². The van der Waals surface area contributed by atoms with E-state index in [4.69, 9.17) is 9.15 Å². The minimum atomic E-state index is -0.296. The number of aromatic hydroxyl groups is 2. The predicted octanol–water partition coefficient (Wildman–Crippen LogP) is 3.84. The zero-order valence-electron chi connectivity index (χ0n) is 17.5. The third kappa shape index (κ3) is 3.12. The first-order valence-electron chi connectivity index (χ1n) is 10.5. The van der Waals surface area contributed by atoms with E-state index in [1.54, 1.807) is 12.1 Å². The van der Waals surface area contributed by atoms with Crippen molar-refractivity contribution in [3.8, 4) is 17.2 Å². The number of hydrogen-bond donors (Lipinski definition) is 3. The zero-order chi connectivity index (χ0) is 21.7. The summed E-state index contributed by atoms with van der Waals surface area (Å²) in [5.41, 5.74) is 7.99. The van der Waals surface area contributed by atoms with Crippen molar-refractivity contribution in [3.63, 3.8) is 0 Å². The normalized spacial score (nSPS) is 17.9. The van der Waals surface area contributed by atoms with E-state index in [0.717, 1.165) is 41.7 Å². The van der Waals surface area contributed by atoms with Gasteiger partial charge in [-0.2, -0.15) is 5.10 Å². The van der Waals surface area contributed by atoms with E-state index in [2.05, 4.69) is 10.5 Å². The fourth-order valence-electron chi connectivity index (χ4n) is 4.78. The first kappa shape index (κ1) is 19.5. The molecule has 0 radical (unpaired) electrons. The van der Waals surface area contributed by atoms with Crippen molar-refractivity contribution in [2.24, 2.45) is 5.10 Å². The van der Waals surface area contributed by atoms with Gasteiger partial charge in [0.15, 0.2) is 11.5 Å². The summed E-state index contributed by atoms with van der Waals surface area (Å²) in [7, 11) is 1.51. The van der Waals surface area contributed by atoms with E-state index in [1.807, 2.05) is 19.1 Å². The van der Waals surface area contributed by atoms with Gasteiger partial charge in [0.05, 0.1) is 24.2 Å². The van der Waals surface area contributed by atoms with E-state index >= 15 is 0 Å². The number of fused-ring (bicyclic) bond motifs is 3. The minimum absolute atomic E-state index is 0.0830. The Morgan fingerprint density at radius 1 is 1.16 bits per heavy atom. The number of aryl methyl sites for hydroxylation is 2. The summed E-state index contributed by atoms with van der Waals surface area (Å²) in [6.07, 6.45) is 3.95. The lowest BCUT2D eigenvalue weighted by Crippen LogP contribution is -2.16. The highest BCUT2D eigenvalue weighted by molar-refractivity contribution is 6.09. The van der Waals surface area contributed by atoms with Gasteiger partial charge in [-0.1, -0.05) is 6.07 Å². The first-order valence-corrected chi connectivity index (χ1v) is 10.5. The van der Waals surface area contributed by atoms with Crippen LogP contribution in [0, 0.1) is 6.92 Å². The molecule has 7 nitrogen and oxygen atoms in total. The lowest BCUT2D eigenvalue weighted by Gasteiger charge is -2.19. The fraction of sp³-hybridized carbons (Fsp3) is 0.333. The Balaban J connectivity index is 1.57. The van der Waals surface area contributed by atoms with Gasteiger partial charge in [0, 0.05) is 17.5 Å². The maximum Gasteiger partial charge on any atom is 0.339 e. The molecule has 7 heteroatoms. The molecular formula is C24H24N2O5. The molecule has 5 rings (SSSR count). The van der Waals surface area contributed by atoms with E-state index in [0.29, 0.717) is 40.7 Å². The van der Waals surface area contributed by atoms with Crippen LogP contribution in [0.4, 0.5) is 0 Å². The van der Waals surface area contributed by atoms with Crippen LogP contribution in [0.15, 0.2) is 38.6 Å². The topological polar surface area (TPSA) is 104 Å². The van der Waals surface area contributed by atoms with Crippen LogP contribution in [-0.4, -0.2) is 23.0 Å². The highest BCUT2D eigenvalue weighted by atomic mass is 16.5. The summed E-state index contributed by atoms with van der Waals surface area (Å²) in [5.74, 6) is 0.611. The van der Waals surface area contributed by atoms with E-state index in [-0.39, 0.29) is 23.2 Å². The van der Waals surface area contributed by atoms with Crippen LogP contribution in [0.5, 0.6) is 17.2 Å². The SMILES string of the molecule is COc1cc([C@@H]2CC(c3c(C)cc4oc(=O)c5c(c4c3O)CCCC5)=NN2)ccc1O. The monoisotopic (exact) mass is 420 g/mol. The number of ether oxygens (including phenoxy) is 1. The molecule has 31 heavy (non-hydrogen) atoms. The number of benzene rings is 2. The van der Waals surface area contributed by atoms with Gasteiger partial charge in [-0.15, -0.1) is 0 Å². The molecule has 1 aliphatic heterocycles. The summed E-state index contributed by atoms with van der Waals surface area (Å²) >= 11 is 0. The van der Waals surface area contributed by atoms with E-state index < -0.39 is 0 Å². The van der Waals surface area contributed by atoms with Crippen molar-refractivity contribution in [2.45, 2.75) is 45.1 Å². The van der Waals surface area contributed by atoms with Crippen LogP contribution in [0.1, 0.15) is 53.1 Å². The molecule has 0 bridgehead atoms. The van der Waals surface area contributed by atoms with Gasteiger partial charge in [-0.05, 0) is 67.5 Å². The van der Waals surface area contributed by atoms with Crippen LogP contribution in [0.25, 0.3) is 11.0 Å². The number of phenols is 2. The fourth-order valence-corrected chi connectivity index (χ4v) is 4.78. The Morgan fingerprint density at radius 3 is 2.71 bits per heavy atom. The van der Waals surface area contributed by atoms with Gasteiger partial charge in [-0.3, -0.25) is 0 Å². The van der Waals surface area contributed by atoms with Gasteiger partial charge < -0.3 is 24.8 Å². The molecule has 3 N–H and O–H groups in total. The smallest absolute Gasteiger partial charge is 0.339 e. The number of methoxy groups -OCH3 is 1. The molecule has 0 saturated carbocycles. The number of hydrogen-bond acceptors (Lipinski definition) is 7. The van der Waals surface area contributed by atoms with Crippen molar-refractivity contribution in [3.05, 3.63) is 62.5 Å². The summed E-state index contributed by atoms with van der Waals surface area (Å²) in [6, 6.07) is 6.91. The highest BCUT2D eigenvalue weighted by Gasteiger charge is 2.28. The van der Waals surface area contributed by atoms with E-state index in [9.17, 15) is 15.0 Å². The van der Waals surface area contributed by atoms with Crippen LogP contribution >= 0.6 is 0 Å². The Labute approximate surface area is 179 Å². The molecule has 160 valence electrons. The van der Waals surface area contributed by atoms with Gasteiger partial charge in [0.2, 0.25) is 0 Å². The first-order chi connectivity index (χ1) is 15.0. The second kappa shape index (κ2) is 7.34. The quantitative estimate of drug-likeness (QED) is 0.556. The third-order valence-electron chi connectivity index (χ3n) is 6.33. The standard InChI is InChI=1S/C24H24N2O5/c1-12-9-20-22(14-5-3-4-6-15(14)24(29)31-20)23(28)21(12)17-11-16(25-26-17)13-7-8-18(27)19(10-13)30-2/h7-10,16,25,27-28H,3-6,11H2,1-2H3/t16-/m0/s1. The van der Waals surface area contributed by atoms with Crippen molar-refractivity contribution >= 4 is 16.7 Å². The molecule has 0 unspecified atom stereocenters. The summed E-state index contributed by atoms with van der Waals surface area (Å²) in [4.78, 5) is 12.4. The number of nitrogens with one attached hydrogen (secondary N) is 1. The third-order valence-corrected chi connectivity index (χ3v) is 6.33. The molecule has 1 atom stereocenters. The molecule has 2 aliphatic rings. The summed E-state index contributed by atoms with van der Waals surface area (Å²) in [5, 5.41) is 26.3. The van der Waals surface area contributed by atoms with Crippen LogP contribution in [0.2, 0.25) is 0 Å². The summed E-state index contributed by atoms with van der Waals surface area (Å²) in [6.45, 7) is 1.88. The molecule has 0 saturated heterocycles. The number of rotatable bonds is 3.